The van der Waals surface area contributed by atoms with Crippen molar-refractivity contribution in [3.63, 3.8) is 0 Å². The SMILES string of the molecule is CCC(=O)Nc1ccc(C(=O)NN=C(C=Cc2ccccc2)c2ccccc2)cc1. The molecule has 2 amide bonds. The zero-order valence-electron chi connectivity index (χ0n) is 16.7. The zero-order valence-corrected chi connectivity index (χ0v) is 16.7. The van der Waals surface area contributed by atoms with E-state index in [4.69, 9.17) is 0 Å². The molecule has 2 N–H and O–H groups in total. The predicted molar refractivity (Wildman–Crippen MR) is 121 cm³/mol. The third-order valence-electron chi connectivity index (χ3n) is 4.33. The molecule has 5 nitrogen and oxygen atoms in total. The Balaban J connectivity index is 1.75. The second kappa shape index (κ2) is 10.5. The van der Waals surface area contributed by atoms with Gasteiger partial charge in [-0.25, -0.2) is 5.43 Å². The Labute approximate surface area is 176 Å². The number of allylic oxidation sites excluding steroid dienone is 1. The monoisotopic (exact) mass is 397 g/mol. The highest BCUT2D eigenvalue weighted by Crippen LogP contribution is 2.11. The number of anilines is 1. The van der Waals surface area contributed by atoms with Crippen molar-refractivity contribution in [1.82, 2.24) is 5.43 Å². The molecule has 3 aromatic rings. The summed E-state index contributed by atoms with van der Waals surface area (Å²) >= 11 is 0. The van der Waals surface area contributed by atoms with E-state index in [1.807, 2.05) is 72.8 Å². The number of carbonyl (C=O) groups is 2. The van der Waals surface area contributed by atoms with Crippen molar-refractivity contribution < 1.29 is 9.59 Å². The Bertz CT molecular complexity index is 1040. The normalized spacial score (nSPS) is 11.3. The molecule has 0 heterocycles. The molecule has 0 aliphatic rings. The van der Waals surface area contributed by atoms with E-state index in [0.29, 0.717) is 23.4 Å². The summed E-state index contributed by atoms with van der Waals surface area (Å²) in [5.74, 6) is -0.403. The van der Waals surface area contributed by atoms with Crippen LogP contribution in [0.25, 0.3) is 6.08 Å². The maximum atomic E-state index is 12.5. The maximum Gasteiger partial charge on any atom is 0.271 e. The van der Waals surface area contributed by atoms with Crippen molar-refractivity contribution in [2.75, 3.05) is 5.32 Å². The van der Waals surface area contributed by atoms with Crippen LogP contribution >= 0.6 is 0 Å². The van der Waals surface area contributed by atoms with E-state index in [1.54, 1.807) is 31.2 Å². The van der Waals surface area contributed by atoms with Crippen molar-refractivity contribution >= 4 is 29.3 Å². The fourth-order valence-electron chi connectivity index (χ4n) is 2.68. The lowest BCUT2D eigenvalue weighted by atomic mass is 10.1. The number of hydrogen-bond donors (Lipinski definition) is 2. The van der Waals surface area contributed by atoms with Gasteiger partial charge < -0.3 is 5.32 Å². The molecule has 0 aliphatic carbocycles. The summed E-state index contributed by atoms with van der Waals surface area (Å²) in [6, 6.07) is 26.2. The molecule has 0 aromatic heterocycles. The van der Waals surface area contributed by atoms with Crippen LogP contribution in [0.4, 0.5) is 5.69 Å². The number of nitrogens with zero attached hydrogens (tertiary/aromatic N) is 1. The van der Waals surface area contributed by atoms with Gasteiger partial charge in [0.25, 0.3) is 5.91 Å². The summed E-state index contributed by atoms with van der Waals surface area (Å²) in [7, 11) is 0. The fraction of sp³-hybridized carbons (Fsp3) is 0.0800. The van der Waals surface area contributed by atoms with Crippen molar-refractivity contribution in [3.05, 3.63) is 108 Å². The minimum absolute atomic E-state index is 0.0745. The van der Waals surface area contributed by atoms with E-state index in [0.717, 1.165) is 11.1 Å². The van der Waals surface area contributed by atoms with E-state index < -0.39 is 0 Å². The van der Waals surface area contributed by atoms with E-state index in [9.17, 15) is 9.59 Å². The first-order valence-electron chi connectivity index (χ1n) is 9.72. The standard InChI is InChI=1S/C25H23N3O2/c1-2-24(29)26-22-16-14-21(15-17-22)25(30)28-27-23(20-11-7-4-8-12-20)18-13-19-9-5-3-6-10-19/h3-18H,2H2,1H3,(H,26,29)(H,28,30). The third kappa shape index (κ3) is 6.01. The number of rotatable bonds is 7. The highest BCUT2D eigenvalue weighted by atomic mass is 16.2. The van der Waals surface area contributed by atoms with Gasteiger partial charge in [0, 0.05) is 23.2 Å². The molecule has 0 bridgehead atoms. The summed E-state index contributed by atoms with van der Waals surface area (Å²) in [5.41, 5.74) is 6.29. The van der Waals surface area contributed by atoms with Crippen LogP contribution in [0.15, 0.2) is 96.1 Å². The molecule has 0 aliphatic heterocycles. The number of benzene rings is 3. The molecule has 0 atom stereocenters. The molecule has 5 heteroatoms. The summed E-state index contributed by atoms with van der Waals surface area (Å²) < 4.78 is 0. The average Bonchev–Trinajstić information content (AvgIpc) is 2.80. The van der Waals surface area contributed by atoms with Crippen LogP contribution < -0.4 is 10.7 Å². The smallest absolute Gasteiger partial charge is 0.271 e. The molecule has 3 rings (SSSR count). The number of nitrogens with one attached hydrogen (secondary N) is 2. The summed E-state index contributed by atoms with van der Waals surface area (Å²) in [6.07, 6.45) is 4.22. The quantitative estimate of drug-likeness (QED) is 0.440. The molecular formula is C25H23N3O2. The van der Waals surface area contributed by atoms with Gasteiger partial charge in [0.2, 0.25) is 5.91 Å². The predicted octanol–water partition coefficient (Wildman–Crippen LogP) is 4.88. The molecule has 0 saturated carbocycles. The van der Waals surface area contributed by atoms with Crippen LogP contribution in [0.5, 0.6) is 0 Å². The Hall–Kier alpha value is -3.99. The first-order valence-corrected chi connectivity index (χ1v) is 9.72. The van der Waals surface area contributed by atoms with Crippen molar-refractivity contribution in [2.45, 2.75) is 13.3 Å². The summed E-state index contributed by atoms with van der Waals surface area (Å²) in [6.45, 7) is 1.78. The van der Waals surface area contributed by atoms with Crippen molar-refractivity contribution in [2.24, 2.45) is 5.10 Å². The highest BCUT2D eigenvalue weighted by Gasteiger charge is 2.07. The van der Waals surface area contributed by atoms with Crippen LogP contribution in [0.2, 0.25) is 0 Å². The average molecular weight is 397 g/mol. The third-order valence-corrected chi connectivity index (χ3v) is 4.33. The van der Waals surface area contributed by atoms with Gasteiger partial charge in [-0.2, -0.15) is 5.10 Å². The Morgan fingerprint density at radius 1 is 0.833 bits per heavy atom. The zero-order chi connectivity index (χ0) is 21.2. The van der Waals surface area contributed by atoms with Crippen LogP contribution in [0, 0.1) is 0 Å². The van der Waals surface area contributed by atoms with Crippen molar-refractivity contribution in [3.8, 4) is 0 Å². The molecule has 0 spiro atoms. The van der Waals surface area contributed by atoms with E-state index in [-0.39, 0.29) is 11.8 Å². The first kappa shape index (κ1) is 20.7. The van der Waals surface area contributed by atoms with Gasteiger partial charge in [0.1, 0.15) is 0 Å². The molecule has 0 unspecified atom stereocenters. The molecule has 0 radical (unpaired) electrons. The number of amides is 2. The largest absolute Gasteiger partial charge is 0.326 e. The maximum absolute atomic E-state index is 12.5. The second-order valence-corrected chi connectivity index (χ2v) is 6.53. The number of hydrogen-bond acceptors (Lipinski definition) is 3. The summed E-state index contributed by atoms with van der Waals surface area (Å²) in [4.78, 5) is 24.0. The lowest BCUT2D eigenvalue weighted by Gasteiger charge is -2.06. The fourth-order valence-corrected chi connectivity index (χ4v) is 2.68. The Kier molecular flexibility index (Phi) is 7.28. The molecule has 150 valence electrons. The summed E-state index contributed by atoms with van der Waals surface area (Å²) in [5, 5.41) is 7.08. The lowest BCUT2D eigenvalue weighted by molar-refractivity contribution is -0.115. The van der Waals surface area contributed by atoms with Crippen molar-refractivity contribution in [1.29, 1.82) is 0 Å². The molecule has 30 heavy (non-hydrogen) atoms. The van der Waals surface area contributed by atoms with Gasteiger partial charge in [0.05, 0.1) is 5.71 Å². The van der Waals surface area contributed by atoms with Crippen LogP contribution in [0.1, 0.15) is 34.8 Å². The van der Waals surface area contributed by atoms with Crippen LogP contribution in [-0.2, 0) is 4.79 Å². The minimum Gasteiger partial charge on any atom is -0.326 e. The van der Waals surface area contributed by atoms with E-state index in [2.05, 4.69) is 15.8 Å². The van der Waals surface area contributed by atoms with E-state index >= 15 is 0 Å². The van der Waals surface area contributed by atoms with Gasteiger partial charge >= 0.3 is 0 Å². The first-order chi connectivity index (χ1) is 14.7. The van der Waals surface area contributed by atoms with Crippen LogP contribution in [-0.4, -0.2) is 17.5 Å². The van der Waals surface area contributed by atoms with Gasteiger partial charge in [-0.05, 0) is 35.9 Å². The lowest BCUT2D eigenvalue weighted by Crippen LogP contribution is -2.19. The topological polar surface area (TPSA) is 70.6 Å². The molecule has 0 fully saturated rings. The second-order valence-electron chi connectivity index (χ2n) is 6.53. The molecule has 3 aromatic carbocycles. The Morgan fingerprint density at radius 2 is 1.47 bits per heavy atom. The Morgan fingerprint density at radius 3 is 2.10 bits per heavy atom. The van der Waals surface area contributed by atoms with Gasteiger partial charge in [-0.15, -0.1) is 0 Å². The van der Waals surface area contributed by atoms with Gasteiger partial charge in [-0.1, -0.05) is 73.7 Å². The minimum atomic E-state index is -0.329. The molecular weight excluding hydrogens is 374 g/mol. The highest BCUT2D eigenvalue weighted by molar-refractivity contribution is 6.11. The van der Waals surface area contributed by atoms with E-state index in [1.165, 1.54) is 0 Å². The number of hydrazone groups is 1. The van der Waals surface area contributed by atoms with Gasteiger partial charge in [-0.3, -0.25) is 9.59 Å². The number of carbonyl (C=O) groups excluding carboxylic acids is 2. The molecule has 0 saturated heterocycles. The van der Waals surface area contributed by atoms with Gasteiger partial charge in [0.15, 0.2) is 0 Å². The van der Waals surface area contributed by atoms with Crippen LogP contribution in [0.3, 0.4) is 0 Å².